The number of carbonyl (C=O) groups is 2. The first-order valence-corrected chi connectivity index (χ1v) is 10.5. The van der Waals surface area contributed by atoms with E-state index >= 15 is 0 Å². The van der Waals surface area contributed by atoms with Crippen LogP contribution < -0.4 is 0 Å². The number of hydrogen-bond donors (Lipinski definition) is 1. The van der Waals surface area contributed by atoms with E-state index < -0.39 is 17.7 Å². The number of aromatic nitrogens is 2. The Labute approximate surface area is 189 Å². The Hall–Kier alpha value is -3.09. The average Bonchev–Trinajstić information content (AvgIpc) is 3.37. The van der Waals surface area contributed by atoms with Gasteiger partial charge >= 0.3 is 0 Å². The van der Waals surface area contributed by atoms with E-state index in [0.717, 1.165) is 0 Å². The maximum Gasteiger partial charge on any atom is 0.295 e. The fraction of sp³-hybridized carbons (Fsp3) is 0.174. The number of benzene rings is 2. The highest BCUT2D eigenvalue weighted by atomic mass is 35.5. The van der Waals surface area contributed by atoms with Gasteiger partial charge in [-0.25, -0.2) is 4.98 Å². The highest BCUT2D eigenvalue weighted by molar-refractivity contribution is 6.46. The van der Waals surface area contributed by atoms with Crippen LogP contribution in [0.25, 0.3) is 5.76 Å². The number of hydrogen-bond acceptors (Lipinski definition) is 4. The number of aliphatic hydroxyl groups excluding tert-OH is 1. The number of likely N-dealkylation sites (tertiary alicyclic amines) is 1. The molecule has 1 aromatic heterocycles. The summed E-state index contributed by atoms with van der Waals surface area (Å²) in [6, 6.07) is 12.7. The third-order valence-electron chi connectivity index (χ3n) is 5.22. The van der Waals surface area contributed by atoms with Gasteiger partial charge < -0.3 is 14.6 Å². The molecule has 2 aromatic carbocycles. The molecule has 1 fully saturated rings. The van der Waals surface area contributed by atoms with Crippen LogP contribution in [0.4, 0.5) is 0 Å². The van der Waals surface area contributed by atoms with Gasteiger partial charge in [-0.2, -0.15) is 0 Å². The van der Waals surface area contributed by atoms with Crippen LogP contribution in [0.15, 0.2) is 72.8 Å². The lowest BCUT2D eigenvalue weighted by molar-refractivity contribution is -0.139. The SMILES string of the molecule is O=C1C(=O)N(CCCn2ccnc2)[C@H](c2ccc(Cl)cc2)/C1=C(\O)c1ccc(Cl)cc1. The summed E-state index contributed by atoms with van der Waals surface area (Å²) >= 11 is 12.0. The largest absolute Gasteiger partial charge is 0.507 e. The van der Waals surface area contributed by atoms with Crippen molar-refractivity contribution in [3.8, 4) is 0 Å². The second-order valence-electron chi connectivity index (χ2n) is 7.20. The molecule has 1 amide bonds. The Kier molecular flexibility index (Phi) is 6.11. The van der Waals surface area contributed by atoms with Crippen molar-refractivity contribution >= 4 is 40.7 Å². The number of amides is 1. The van der Waals surface area contributed by atoms with Crippen molar-refractivity contribution in [2.24, 2.45) is 0 Å². The monoisotopic (exact) mass is 455 g/mol. The average molecular weight is 456 g/mol. The minimum Gasteiger partial charge on any atom is -0.507 e. The van der Waals surface area contributed by atoms with E-state index in [4.69, 9.17) is 23.2 Å². The number of halogens is 2. The van der Waals surface area contributed by atoms with Crippen LogP contribution in [0.5, 0.6) is 0 Å². The fourth-order valence-corrected chi connectivity index (χ4v) is 3.96. The lowest BCUT2D eigenvalue weighted by atomic mass is 9.95. The molecule has 0 bridgehead atoms. The van der Waals surface area contributed by atoms with Crippen molar-refractivity contribution in [2.75, 3.05) is 6.54 Å². The quantitative estimate of drug-likeness (QED) is 0.332. The smallest absolute Gasteiger partial charge is 0.295 e. The van der Waals surface area contributed by atoms with Crippen molar-refractivity contribution in [3.63, 3.8) is 0 Å². The molecule has 4 rings (SSSR count). The summed E-state index contributed by atoms with van der Waals surface area (Å²) < 4.78 is 1.90. The van der Waals surface area contributed by atoms with Gasteiger partial charge in [0.25, 0.3) is 11.7 Å². The summed E-state index contributed by atoms with van der Waals surface area (Å²) in [7, 11) is 0. The Balaban J connectivity index is 1.72. The molecule has 0 saturated carbocycles. The highest BCUT2D eigenvalue weighted by Crippen LogP contribution is 2.39. The van der Waals surface area contributed by atoms with Crippen molar-refractivity contribution < 1.29 is 14.7 Å². The summed E-state index contributed by atoms with van der Waals surface area (Å²) in [5.41, 5.74) is 1.17. The zero-order valence-corrected chi connectivity index (χ0v) is 17.9. The molecule has 1 aliphatic rings. The summed E-state index contributed by atoms with van der Waals surface area (Å²) in [6.45, 7) is 0.987. The second kappa shape index (κ2) is 8.96. The number of ketones is 1. The minimum atomic E-state index is -0.713. The Morgan fingerprint density at radius 2 is 1.61 bits per heavy atom. The summed E-state index contributed by atoms with van der Waals surface area (Å²) in [5.74, 6) is -1.58. The van der Waals surface area contributed by atoms with Gasteiger partial charge in [0.05, 0.1) is 17.9 Å². The second-order valence-corrected chi connectivity index (χ2v) is 8.08. The van der Waals surface area contributed by atoms with Crippen LogP contribution in [0.2, 0.25) is 10.0 Å². The van der Waals surface area contributed by atoms with Crippen LogP contribution in [-0.4, -0.2) is 37.8 Å². The van der Waals surface area contributed by atoms with E-state index in [9.17, 15) is 14.7 Å². The summed E-state index contributed by atoms with van der Waals surface area (Å²) in [5, 5.41) is 12.0. The molecule has 0 unspecified atom stereocenters. The molecule has 0 radical (unpaired) electrons. The van der Waals surface area contributed by atoms with Gasteiger partial charge in [0, 0.05) is 41.1 Å². The predicted molar refractivity (Wildman–Crippen MR) is 119 cm³/mol. The summed E-state index contributed by atoms with van der Waals surface area (Å²) in [4.78, 5) is 31.4. The Bertz CT molecular complexity index is 1120. The molecule has 8 heteroatoms. The molecule has 1 saturated heterocycles. The predicted octanol–water partition coefficient (Wildman–Crippen LogP) is 4.70. The highest BCUT2D eigenvalue weighted by Gasteiger charge is 2.45. The molecular weight excluding hydrogens is 437 g/mol. The molecule has 6 nitrogen and oxygen atoms in total. The van der Waals surface area contributed by atoms with Crippen LogP contribution in [0.1, 0.15) is 23.6 Å². The zero-order valence-electron chi connectivity index (χ0n) is 16.4. The molecule has 1 aliphatic heterocycles. The van der Waals surface area contributed by atoms with Crippen molar-refractivity contribution in [2.45, 2.75) is 19.0 Å². The first kappa shape index (κ1) is 21.2. The number of imidazole rings is 1. The van der Waals surface area contributed by atoms with Gasteiger partial charge in [-0.15, -0.1) is 0 Å². The number of carbonyl (C=O) groups excluding carboxylic acids is 2. The molecule has 0 spiro atoms. The molecule has 158 valence electrons. The molecule has 1 atom stereocenters. The lowest BCUT2D eigenvalue weighted by Gasteiger charge is -2.25. The van der Waals surface area contributed by atoms with Crippen molar-refractivity contribution in [1.82, 2.24) is 14.5 Å². The van der Waals surface area contributed by atoms with Gasteiger partial charge in [-0.3, -0.25) is 9.59 Å². The summed E-state index contributed by atoms with van der Waals surface area (Å²) in [6.07, 6.45) is 5.84. The normalized spacial score (nSPS) is 18.0. The van der Waals surface area contributed by atoms with E-state index in [1.54, 1.807) is 61.1 Å². The van der Waals surface area contributed by atoms with Gasteiger partial charge in [0.1, 0.15) is 5.76 Å². The number of aliphatic hydroxyl groups is 1. The molecule has 31 heavy (non-hydrogen) atoms. The van der Waals surface area contributed by atoms with Gasteiger partial charge in [0.15, 0.2) is 0 Å². The maximum absolute atomic E-state index is 13.0. The first-order valence-electron chi connectivity index (χ1n) is 9.71. The molecule has 3 aromatic rings. The number of rotatable bonds is 6. The number of aryl methyl sites for hydroxylation is 1. The first-order chi connectivity index (χ1) is 15.0. The van der Waals surface area contributed by atoms with E-state index in [0.29, 0.717) is 40.7 Å². The molecule has 2 heterocycles. The van der Waals surface area contributed by atoms with Crippen LogP contribution in [0, 0.1) is 0 Å². The van der Waals surface area contributed by atoms with Crippen LogP contribution in [0.3, 0.4) is 0 Å². The third-order valence-corrected chi connectivity index (χ3v) is 5.72. The van der Waals surface area contributed by atoms with Gasteiger partial charge in [-0.1, -0.05) is 35.3 Å². The van der Waals surface area contributed by atoms with Crippen molar-refractivity contribution in [3.05, 3.63) is 94.0 Å². The maximum atomic E-state index is 13.0. The Morgan fingerprint density at radius 1 is 0.968 bits per heavy atom. The zero-order chi connectivity index (χ0) is 22.0. The van der Waals surface area contributed by atoms with Crippen LogP contribution >= 0.6 is 23.2 Å². The number of Topliss-reactive ketones (excluding diaryl/α,β-unsaturated/α-hetero) is 1. The molecular formula is C23H19Cl2N3O3. The topological polar surface area (TPSA) is 75.4 Å². The molecule has 1 N–H and O–H groups in total. The van der Waals surface area contributed by atoms with E-state index in [-0.39, 0.29) is 11.3 Å². The lowest BCUT2D eigenvalue weighted by Crippen LogP contribution is -2.31. The van der Waals surface area contributed by atoms with Gasteiger partial charge in [0.2, 0.25) is 0 Å². The Morgan fingerprint density at radius 3 is 2.23 bits per heavy atom. The molecule has 0 aliphatic carbocycles. The van der Waals surface area contributed by atoms with E-state index in [1.807, 2.05) is 10.8 Å². The number of nitrogens with zero attached hydrogens (tertiary/aromatic N) is 3. The minimum absolute atomic E-state index is 0.0530. The fourth-order valence-electron chi connectivity index (χ4n) is 3.71. The van der Waals surface area contributed by atoms with Crippen LogP contribution in [-0.2, 0) is 16.1 Å². The van der Waals surface area contributed by atoms with E-state index in [1.165, 1.54) is 4.90 Å². The standard InChI is InChI=1S/C23H19Cl2N3O3/c24-17-6-2-15(3-7-17)20-19(21(29)16-4-8-18(25)9-5-16)22(30)23(31)28(20)12-1-11-27-13-10-26-14-27/h2-10,13-14,20,29H,1,11-12H2/b21-19+/t20-/m1/s1. The van der Waals surface area contributed by atoms with Gasteiger partial charge in [-0.05, 0) is 48.4 Å². The third kappa shape index (κ3) is 4.36. The van der Waals surface area contributed by atoms with E-state index in [2.05, 4.69) is 4.98 Å². The van der Waals surface area contributed by atoms with Crippen molar-refractivity contribution in [1.29, 1.82) is 0 Å².